The lowest BCUT2D eigenvalue weighted by atomic mass is 9.70. The van der Waals surface area contributed by atoms with E-state index in [4.69, 9.17) is 10.8 Å². The Morgan fingerprint density at radius 2 is 0.983 bits per heavy atom. The Bertz CT molecular complexity index is 3060. The van der Waals surface area contributed by atoms with Crippen molar-refractivity contribution in [3.63, 3.8) is 0 Å². The SMILES string of the molecule is C#Cc1oc2c(-c3ccc(N(c4ccc(-c5ccccc5)cc4)c4ccc5c(c4)C4(c6ccccc6-c6ccccc64)c4ccccc4-5)cc3)cccc2c1C=CC. The molecule has 0 aliphatic heterocycles. The number of rotatable bonds is 6. The van der Waals surface area contributed by atoms with Crippen LogP contribution >= 0.6 is 0 Å². The highest BCUT2D eigenvalue weighted by atomic mass is 16.3. The molecule has 0 saturated carbocycles. The Hall–Kier alpha value is -7.60. The second kappa shape index (κ2) is 13.3. The van der Waals surface area contributed by atoms with Gasteiger partial charge in [-0.1, -0.05) is 164 Å². The van der Waals surface area contributed by atoms with Crippen LogP contribution in [-0.4, -0.2) is 0 Å². The van der Waals surface area contributed by atoms with Crippen molar-refractivity contribution in [1.29, 1.82) is 0 Å². The van der Waals surface area contributed by atoms with E-state index in [1.807, 2.05) is 19.1 Å². The molecule has 0 unspecified atom stereocenters. The highest BCUT2D eigenvalue weighted by Gasteiger charge is 2.51. The summed E-state index contributed by atoms with van der Waals surface area (Å²) in [7, 11) is 0. The lowest BCUT2D eigenvalue weighted by Gasteiger charge is -2.32. The quantitative estimate of drug-likeness (QED) is 0.158. The third-order valence-electron chi connectivity index (χ3n) is 12.1. The lowest BCUT2D eigenvalue weighted by Crippen LogP contribution is -2.26. The molecule has 0 N–H and O–H groups in total. The molecule has 272 valence electrons. The maximum Gasteiger partial charge on any atom is 0.185 e. The fourth-order valence-corrected chi connectivity index (χ4v) is 9.70. The molecule has 1 spiro atoms. The first-order valence-corrected chi connectivity index (χ1v) is 19.8. The van der Waals surface area contributed by atoms with Gasteiger partial charge < -0.3 is 9.32 Å². The first-order chi connectivity index (χ1) is 28.7. The van der Waals surface area contributed by atoms with Gasteiger partial charge in [-0.3, -0.25) is 0 Å². The number of nitrogens with zero attached hydrogens (tertiary/aromatic N) is 1. The van der Waals surface area contributed by atoms with E-state index in [0.29, 0.717) is 5.76 Å². The zero-order chi connectivity index (χ0) is 38.8. The molecule has 0 amide bonds. The minimum atomic E-state index is -0.438. The Morgan fingerprint density at radius 3 is 1.57 bits per heavy atom. The number of terminal acetylenes is 1. The predicted molar refractivity (Wildman–Crippen MR) is 241 cm³/mol. The summed E-state index contributed by atoms with van der Waals surface area (Å²) in [5.41, 5.74) is 19.4. The Kier molecular flexibility index (Phi) is 7.71. The third kappa shape index (κ3) is 4.87. The molecule has 0 saturated heterocycles. The van der Waals surface area contributed by atoms with Gasteiger partial charge in [0.2, 0.25) is 0 Å². The average Bonchev–Trinajstić information content (AvgIpc) is 3.91. The van der Waals surface area contributed by atoms with Gasteiger partial charge in [-0.25, -0.2) is 0 Å². The van der Waals surface area contributed by atoms with Gasteiger partial charge in [0.1, 0.15) is 5.58 Å². The minimum Gasteiger partial charge on any atom is -0.446 e. The average molecular weight is 740 g/mol. The second-order valence-corrected chi connectivity index (χ2v) is 15.1. The van der Waals surface area contributed by atoms with E-state index >= 15 is 0 Å². The lowest BCUT2D eigenvalue weighted by molar-refractivity contribution is 0.601. The highest BCUT2D eigenvalue weighted by Crippen LogP contribution is 2.63. The number of furan rings is 1. The van der Waals surface area contributed by atoms with Crippen molar-refractivity contribution >= 4 is 34.1 Å². The molecule has 0 bridgehead atoms. The number of benzene rings is 8. The highest BCUT2D eigenvalue weighted by molar-refractivity contribution is 6.00. The molecule has 1 heterocycles. The van der Waals surface area contributed by atoms with Crippen molar-refractivity contribution in [2.24, 2.45) is 0 Å². The maximum absolute atomic E-state index is 6.32. The van der Waals surface area contributed by atoms with Gasteiger partial charge in [-0.2, -0.15) is 0 Å². The standard InChI is InChI=1S/C56H37NO/c1-3-15-48-49-22-14-21-43(55(49)58-54(48)4-2)39-28-32-41(33-29-39)57(40-30-26-38(27-31-40)37-16-6-5-7-17-37)42-34-35-47-46-20-10-13-25-52(46)56(53(47)36-42)50-23-11-8-18-44(50)45-19-9-12-24-51(45)56/h2-3,5-36H,1H3. The van der Waals surface area contributed by atoms with Gasteiger partial charge in [0, 0.05) is 33.6 Å². The maximum atomic E-state index is 6.32. The van der Waals surface area contributed by atoms with Gasteiger partial charge in [0.15, 0.2) is 5.76 Å². The largest absolute Gasteiger partial charge is 0.446 e. The molecule has 1 aromatic heterocycles. The van der Waals surface area contributed by atoms with Crippen molar-refractivity contribution in [2.75, 3.05) is 4.90 Å². The van der Waals surface area contributed by atoms with Crippen LogP contribution < -0.4 is 4.90 Å². The molecule has 11 rings (SSSR count). The summed E-state index contributed by atoms with van der Waals surface area (Å²) in [6.07, 6.45) is 9.92. The number of allylic oxidation sites excluding steroid dienone is 1. The van der Waals surface area contributed by atoms with Gasteiger partial charge >= 0.3 is 0 Å². The van der Waals surface area contributed by atoms with Gasteiger partial charge in [-0.05, 0) is 110 Å². The molecule has 9 aromatic rings. The van der Waals surface area contributed by atoms with Gasteiger partial charge in [0.25, 0.3) is 0 Å². The summed E-state index contributed by atoms with van der Waals surface area (Å²) in [6, 6.07) is 68.6. The van der Waals surface area contributed by atoms with Crippen molar-refractivity contribution in [1.82, 2.24) is 0 Å². The van der Waals surface area contributed by atoms with Crippen LogP contribution in [-0.2, 0) is 5.41 Å². The molecule has 0 radical (unpaired) electrons. The predicted octanol–water partition coefficient (Wildman–Crippen LogP) is 14.6. The molecule has 0 fully saturated rings. The molecular weight excluding hydrogens is 703 g/mol. The summed E-state index contributed by atoms with van der Waals surface area (Å²) in [5, 5.41) is 1.01. The van der Waals surface area contributed by atoms with Crippen LogP contribution in [0.5, 0.6) is 0 Å². The van der Waals surface area contributed by atoms with Crippen LogP contribution in [0.3, 0.4) is 0 Å². The normalized spacial score (nSPS) is 13.0. The summed E-state index contributed by atoms with van der Waals surface area (Å²) in [5.74, 6) is 3.30. The molecule has 2 aliphatic rings. The minimum absolute atomic E-state index is 0.438. The monoisotopic (exact) mass is 739 g/mol. The summed E-state index contributed by atoms with van der Waals surface area (Å²) < 4.78 is 6.32. The van der Waals surface area contributed by atoms with Crippen molar-refractivity contribution in [3.8, 4) is 56.9 Å². The number of fused-ring (bicyclic) bond motifs is 11. The van der Waals surface area contributed by atoms with E-state index in [1.54, 1.807) is 0 Å². The van der Waals surface area contributed by atoms with Crippen LogP contribution in [0.25, 0.3) is 61.6 Å². The van der Waals surface area contributed by atoms with E-state index in [0.717, 1.165) is 44.7 Å². The Balaban J connectivity index is 1.10. The van der Waals surface area contributed by atoms with Gasteiger partial charge in [-0.15, -0.1) is 6.42 Å². The molecule has 2 heteroatoms. The number of anilines is 3. The molecule has 8 aromatic carbocycles. The molecule has 2 aliphatic carbocycles. The van der Waals surface area contributed by atoms with Crippen LogP contribution in [0.15, 0.2) is 199 Å². The van der Waals surface area contributed by atoms with Crippen LogP contribution in [0.2, 0.25) is 0 Å². The van der Waals surface area contributed by atoms with E-state index in [9.17, 15) is 0 Å². The molecule has 0 atom stereocenters. The first kappa shape index (κ1) is 33.7. The van der Waals surface area contributed by atoms with E-state index in [1.165, 1.54) is 55.6 Å². The smallest absolute Gasteiger partial charge is 0.185 e. The van der Waals surface area contributed by atoms with Crippen LogP contribution in [0.1, 0.15) is 40.5 Å². The number of hydrogen-bond donors (Lipinski definition) is 0. The number of para-hydroxylation sites is 1. The van der Waals surface area contributed by atoms with Crippen molar-refractivity contribution in [3.05, 3.63) is 228 Å². The first-order valence-electron chi connectivity index (χ1n) is 19.8. The zero-order valence-corrected chi connectivity index (χ0v) is 32.0. The number of hydrogen-bond acceptors (Lipinski definition) is 2. The molecule has 2 nitrogen and oxygen atoms in total. The fraction of sp³-hybridized carbons (Fsp3) is 0.0357. The zero-order valence-electron chi connectivity index (χ0n) is 32.0. The molecule has 58 heavy (non-hydrogen) atoms. The van der Waals surface area contributed by atoms with E-state index in [2.05, 4.69) is 199 Å². The second-order valence-electron chi connectivity index (χ2n) is 15.1. The summed E-state index contributed by atoms with van der Waals surface area (Å²) in [6.45, 7) is 1.99. The Labute approximate surface area is 339 Å². The summed E-state index contributed by atoms with van der Waals surface area (Å²) >= 11 is 0. The topological polar surface area (TPSA) is 16.4 Å². The van der Waals surface area contributed by atoms with Gasteiger partial charge in [0.05, 0.1) is 5.41 Å². The van der Waals surface area contributed by atoms with Crippen LogP contribution in [0, 0.1) is 12.3 Å². The van der Waals surface area contributed by atoms with Crippen LogP contribution in [0.4, 0.5) is 17.1 Å². The molecular formula is C56H37NO. The summed E-state index contributed by atoms with van der Waals surface area (Å²) in [4.78, 5) is 2.39. The Morgan fingerprint density at radius 1 is 0.483 bits per heavy atom. The van der Waals surface area contributed by atoms with Crippen molar-refractivity contribution < 1.29 is 4.42 Å². The van der Waals surface area contributed by atoms with E-state index in [-0.39, 0.29) is 0 Å². The van der Waals surface area contributed by atoms with E-state index < -0.39 is 5.41 Å². The van der Waals surface area contributed by atoms with Crippen molar-refractivity contribution in [2.45, 2.75) is 12.3 Å². The fourth-order valence-electron chi connectivity index (χ4n) is 9.70. The third-order valence-corrected chi connectivity index (χ3v) is 12.1.